The van der Waals surface area contributed by atoms with Crippen LogP contribution in [0.5, 0.6) is 0 Å². The average Bonchev–Trinajstić information content (AvgIpc) is 2.90. The highest BCUT2D eigenvalue weighted by atomic mass is 16.7. The zero-order chi connectivity index (χ0) is 13.8. The van der Waals surface area contributed by atoms with Crippen molar-refractivity contribution in [1.29, 1.82) is 0 Å². The lowest BCUT2D eigenvalue weighted by Crippen LogP contribution is -2.46. The molecule has 1 saturated carbocycles. The first kappa shape index (κ1) is 14.1. The van der Waals surface area contributed by atoms with E-state index in [-0.39, 0.29) is 16.5 Å². The molecule has 1 saturated heterocycles. The van der Waals surface area contributed by atoms with Gasteiger partial charge in [0.1, 0.15) is 0 Å². The summed E-state index contributed by atoms with van der Waals surface area (Å²) in [5.74, 6) is 2.99. The molecule has 0 amide bonds. The van der Waals surface area contributed by atoms with Crippen molar-refractivity contribution in [3.63, 3.8) is 0 Å². The van der Waals surface area contributed by atoms with Crippen LogP contribution < -0.4 is 0 Å². The summed E-state index contributed by atoms with van der Waals surface area (Å²) in [7, 11) is 0. The van der Waals surface area contributed by atoms with Crippen molar-refractivity contribution in [1.82, 2.24) is 0 Å². The summed E-state index contributed by atoms with van der Waals surface area (Å²) in [5, 5.41) is -0.0174. The second-order valence-electron chi connectivity index (χ2n) is 8.12. The van der Waals surface area contributed by atoms with E-state index in [0.29, 0.717) is 0 Å². The van der Waals surface area contributed by atoms with Crippen molar-refractivity contribution >= 4 is 6.55 Å². The summed E-state index contributed by atoms with van der Waals surface area (Å²) in [6.45, 7) is 13.8. The van der Waals surface area contributed by atoms with Crippen LogP contribution in [0.3, 0.4) is 0 Å². The number of hydrogen-bond donors (Lipinski definition) is 0. The Kier molecular flexibility index (Phi) is 3.03. The topological polar surface area (TPSA) is 18.5 Å². The van der Waals surface area contributed by atoms with Gasteiger partial charge in [-0.2, -0.15) is 5.98 Å². The fourth-order valence-electron chi connectivity index (χ4n) is 2.50. The molecule has 1 aliphatic carbocycles. The molecule has 1 heterocycles. The van der Waals surface area contributed by atoms with Crippen LogP contribution in [0.15, 0.2) is 12.1 Å². The zero-order valence-electron chi connectivity index (χ0n) is 13.0. The Balaban J connectivity index is 2.33. The minimum Gasteiger partial charge on any atom is -0.558 e. The molecule has 0 bridgehead atoms. The maximum Gasteiger partial charge on any atom is 0.268 e. The minimum atomic E-state index is -1.37. The summed E-state index contributed by atoms with van der Waals surface area (Å²) in [4.78, 5) is 0. The molecule has 0 spiro atoms. The Morgan fingerprint density at radius 3 is 1.78 bits per heavy atom. The van der Waals surface area contributed by atoms with Crippen LogP contribution in [0.1, 0.15) is 61.3 Å². The quantitative estimate of drug-likeness (QED) is 0.680. The van der Waals surface area contributed by atoms with Gasteiger partial charge in [-0.25, -0.2) is 0 Å². The summed E-state index contributed by atoms with van der Waals surface area (Å²) in [6.07, 6.45) is 4.95. The van der Waals surface area contributed by atoms with Crippen molar-refractivity contribution in [2.24, 2.45) is 5.92 Å². The molecule has 2 fully saturated rings. The van der Waals surface area contributed by atoms with Crippen LogP contribution in [0.4, 0.5) is 0 Å². The van der Waals surface area contributed by atoms with Gasteiger partial charge in [0, 0.05) is 11.2 Å². The van der Waals surface area contributed by atoms with Crippen molar-refractivity contribution < 1.29 is 9.31 Å². The molecule has 0 aromatic heterocycles. The Hall–Kier alpha value is -0.275. The van der Waals surface area contributed by atoms with Crippen LogP contribution in [-0.4, -0.2) is 17.8 Å². The van der Waals surface area contributed by atoms with E-state index >= 15 is 0 Å². The molecule has 2 nitrogen and oxygen atoms in total. The molecule has 0 aromatic carbocycles. The van der Waals surface area contributed by atoms with E-state index in [2.05, 4.69) is 60.5 Å². The minimum absolute atomic E-state index is 0.0174. The molecule has 3 heteroatoms. The SMILES string of the molecule is CC(C)(C)[B-]1(/C=C/C2CC2)OC(C)(C)C(C)(C)O1. The standard InChI is InChI=1S/C15H28BO2/c1-13(2,3)16(11-10-12-8-9-12)17-14(4,5)15(6,7)18-16/h10-12H,8-9H2,1-7H3/q-1/b11-10+. The van der Waals surface area contributed by atoms with Gasteiger partial charge >= 0.3 is 0 Å². The van der Waals surface area contributed by atoms with E-state index in [9.17, 15) is 0 Å². The van der Waals surface area contributed by atoms with Crippen LogP contribution >= 0.6 is 0 Å². The third-order valence-electron chi connectivity index (χ3n) is 4.86. The Bertz CT molecular complexity index is 343. The Morgan fingerprint density at radius 1 is 1.00 bits per heavy atom. The normalized spacial score (nSPS) is 29.9. The van der Waals surface area contributed by atoms with Gasteiger partial charge in [-0.1, -0.05) is 20.8 Å². The molecule has 0 unspecified atom stereocenters. The van der Waals surface area contributed by atoms with Crippen LogP contribution in [0.2, 0.25) is 5.31 Å². The zero-order valence-corrected chi connectivity index (χ0v) is 13.0. The van der Waals surface area contributed by atoms with E-state index in [4.69, 9.17) is 9.31 Å². The lowest BCUT2D eigenvalue weighted by atomic mass is 9.39. The van der Waals surface area contributed by atoms with E-state index in [1.54, 1.807) is 0 Å². The van der Waals surface area contributed by atoms with Gasteiger partial charge in [0.05, 0.1) is 0 Å². The van der Waals surface area contributed by atoms with Gasteiger partial charge in [-0.05, 0) is 46.5 Å². The molecule has 2 rings (SSSR count). The van der Waals surface area contributed by atoms with E-state index in [1.807, 2.05) is 0 Å². The number of allylic oxidation sites excluding steroid dienone is 1. The first-order valence-corrected chi connectivity index (χ1v) is 7.23. The Labute approximate surface area is 112 Å². The summed E-state index contributed by atoms with van der Waals surface area (Å²) >= 11 is 0. The van der Waals surface area contributed by atoms with Gasteiger partial charge in [0.2, 0.25) is 0 Å². The smallest absolute Gasteiger partial charge is 0.268 e. The van der Waals surface area contributed by atoms with E-state index in [1.165, 1.54) is 12.8 Å². The molecular weight excluding hydrogens is 223 g/mol. The highest BCUT2D eigenvalue weighted by Crippen LogP contribution is 2.52. The molecular formula is C15H28BO2-. The molecule has 0 aromatic rings. The fourth-order valence-corrected chi connectivity index (χ4v) is 2.50. The predicted octanol–water partition coefficient (Wildman–Crippen LogP) is 4.34. The molecule has 2 aliphatic rings. The maximum absolute atomic E-state index is 6.45. The molecule has 0 atom stereocenters. The summed E-state index contributed by atoms with van der Waals surface area (Å²) in [6, 6.07) is 0. The van der Waals surface area contributed by atoms with Crippen LogP contribution in [-0.2, 0) is 9.31 Å². The lowest BCUT2D eigenvalue weighted by molar-refractivity contribution is 0.00578. The summed E-state index contributed by atoms with van der Waals surface area (Å²) in [5.41, 5.74) is -0.512. The Morgan fingerprint density at radius 2 is 1.44 bits per heavy atom. The first-order chi connectivity index (χ1) is 7.99. The fraction of sp³-hybridized carbons (Fsp3) is 0.867. The molecule has 0 N–H and O–H groups in total. The van der Waals surface area contributed by atoms with Crippen molar-refractivity contribution in [2.75, 3.05) is 0 Å². The molecule has 0 radical (unpaired) electrons. The lowest BCUT2D eigenvalue weighted by Gasteiger charge is -2.46. The second kappa shape index (κ2) is 3.86. The largest absolute Gasteiger partial charge is 0.558 e. The highest BCUT2D eigenvalue weighted by molar-refractivity contribution is 6.76. The van der Waals surface area contributed by atoms with E-state index < -0.39 is 6.55 Å². The monoisotopic (exact) mass is 251 g/mol. The predicted molar refractivity (Wildman–Crippen MR) is 77.7 cm³/mol. The molecule has 18 heavy (non-hydrogen) atoms. The third-order valence-corrected chi connectivity index (χ3v) is 4.86. The van der Waals surface area contributed by atoms with Gasteiger partial charge in [-0.3, -0.25) is 0 Å². The number of rotatable bonds is 2. The van der Waals surface area contributed by atoms with Gasteiger partial charge in [-0.15, -0.1) is 11.4 Å². The first-order valence-electron chi connectivity index (χ1n) is 7.23. The van der Waals surface area contributed by atoms with Gasteiger partial charge in [0.25, 0.3) is 6.55 Å². The van der Waals surface area contributed by atoms with Crippen molar-refractivity contribution in [2.45, 2.75) is 77.8 Å². The highest BCUT2D eigenvalue weighted by Gasteiger charge is 2.54. The van der Waals surface area contributed by atoms with Crippen LogP contribution in [0.25, 0.3) is 0 Å². The second-order valence-corrected chi connectivity index (χ2v) is 8.12. The van der Waals surface area contributed by atoms with E-state index in [0.717, 1.165) is 5.92 Å². The summed E-state index contributed by atoms with van der Waals surface area (Å²) < 4.78 is 12.9. The van der Waals surface area contributed by atoms with Gasteiger partial charge in [0.15, 0.2) is 0 Å². The van der Waals surface area contributed by atoms with Crippen molar-refractivity contribution in [3.8, 4) is 0 Å². The third kappa shape index (κ3) is 2.27. The average molecular weight is 251 g/mol. The van der Waals surface area contributed by atoms with Crippen LogP contribution in [0, 0.1) is 5.92 Å². The van der Waals surface area contributed by atoms with Gasteiger partial charge < -0.3 is 9.31 Å². The molecule has 1 aliphatic heterocycles. The van der Waals surface area contributed by atoms with Crippen molar-refractivity contribution in [3.05, 3.63) is 12.1 Å². The maximum atomic E-state index is 6.45. The number of hydrogen-bond acceptors (Lipinski definition) is 2. The molecule has 104 valence electrons.